The smallest absolute Gasteiger partial charge is 0.130 e. The number of aliphatic hydroxyl groups is 1. The Hall–Kier alpha value is -0.640. The zero-order valence-corrected chi connectivity index (χ0v) is 11.3. The molecule has 0 spiro atoms. The molecule has 0 amide bonds. The second-order valence-corrected chi connectivity index (χ2v) is 5.42. The van der Waals surface area contributed by atoms with Crippen LogP contribution in [0.4, 0.5) is 4.39 Å². The first-order chi connectivity index (χ1) is 8.55. The predicted octanol–water partition coefficient (Wildman–Crippen LogP) is 3.22. The first-order valence-electron chi connectivity index (χ1n) is 6.46. The van der Waals surface area contributed by atoms with Crippen molar-refractivity contribution in [2.45, 2.75) is 44.2 Å². The van der Waals surface area contributed by atoms with Crippen LogP contribution in [0, 0.1) is 5.82 Å². The third kappa shape index (κ3) is 2.85. The van der Waals surface area contributed by atoms with E-state index in [-0.39, 0.29) is 0 Å². The number of rotatable bonds is 3. The SMILES string of the molecule is CCNC1CCC(O)(c2ccc(Cl)cc2F)CC1. The van der Waals surface area contributed by atoms with E-state index in [0.29, 0.717) is 29.5 Å². The quantitative estimate of drug-likeness (QED) is 0.885. The Kier molecular flexibility index (Phi) is 4.25. The first-order valence-corrected chi connectivity index (χ1v) is 6.84. The average Bonchev–Trinajstić information content (AvgIpc) is 2.32. The molecule has 0 aromatic heterocycles. The second kappa shape index (κ2) is 5.55. The minimum atomic E-state index is -1.04. The molecule has 1 saturated carbocycles. The summed E-state index contributed by atoms with van der Waals surface area (Å²) in [5, 5.41) is 14.3. The Morgan fingerprint density at radius 2 is 2.11 bits per heavy atom. The fourth-order valence-corrected chi connectivity index (χ4v) is 2.88. The van der Waals surface area contributed by atoms with Gasteiger partial charge < -0.3 is 10.4 Å². The molecule has 0 bridgehead atoms. The van der Waals surface area contributed by atoms with Gasteiger partial charge in [0.1, 0.15) is 5.82 Å². The number of hydrogen-bond donors (Lipinski definition) is 2. The number of nitrogens with one attached hydrogen (secondary N) is 1. The van der Waals surface area contributed by atoms with E-state index in [4.69, 9.17) is 11.6 Å². The molecular formula is C14H19ClFNO. The van der Waals surface area contributed by atoms with E-state index < -0.39 is 11.4 Å². The van der Waals surface area contributed by atoms with Gasteiger partial charge in [-0.25, -0.2) is 4.39 Å². The van der Waals surface area contributed by atoms with Crippen molar-refractivity contribution >= 4 is 11.6 Å². The molecule has 0 aliphatic heterocycles. The standard InChI is InChI=1S/C14H19ClFNO/c1-2-17-11-5-7-14(18,8-6-11)12-4-3-10(15)9-13(12)16/h3-4,9,11,17-18H,2,5-8H2,1H3. The van der Waals surface area contributed by atoms with Gasteiger partial charge in [0.25, 0.3) is 0 Å². The Labute approximate surface area is 112 Å². The van der Waals surface area contributed by atoms with Crippen LogP contribution in [0.3, 0.4) is 0 Å². The van der Waals surface area contributed by atoms with Gasteiger partial charge in [-0.05, 0) is 44.4 Å². The summed E-state index contributed by atoms with van der Waals surface area (Å²) in [7, 11) is 0. The second-order valence-electron chi connectivity index (χ2n) is 4.99. The summed E-state index contributed by atoms with van der Waals surface area (Å²) in [5.74, 6) is -0.410. The average molecular weight is 272 g/mol. The molecule has 0 atom stereocenters. The van der Waals surface area contributed by atoms with Crippen LogP contribution in [0.2, 0.25) is 5.02 Å². The van der Waals surface area contributed by atoms with Crippen LogP contribution in [0.1, 0.15) is 38.2 Å². The molecule has 4 heteroatoms. The van der Waals surface area contributed by atoms with Gasteiger partial charge >= 0.3 is 0 Å². The van der Waals surface area contributed by atoms with E-state index in [0.717, 1.165) is 19.4 Å². The maximum Gasteiger partial charge on any atom is 0.130 e. The van der Waals surface area contributed by atoms with Gasteiger partial charge in [-0.3, -0.25) is 0 Å². The lowest BCUT2D eigenvalue weighted by molar-refractivity contribution is -0.0111. The third-order valence-corrected chi connectivity index (χ3v) is 3.97. The lowest BCUT2D eigenvalue weighted by Crippen LogP contribution is -2.40. The van der Waals surface area contributed by atoms with Crippen LogP contribution >= 0.6 is 11.6 Å². The summed E-state index contributed by atoms with van der Waals surface area (Å²) in [6.07, 6.45) is 2.91. The van der Waals surface area contributed by atoms with Gasteiger partial charge in [-0.1, -0.05) is 24.6 Å². The highest BCUT2D eigenvalue weighted by atomic mass is 35.5. The third-order valence-electron chi connectivity index (χ3n) is 3.74. The van der Waals surface area contributed by atoms with Crippen molar-refractivity contribution in [2.75, 3.05) is 6.54 Å². The number of hydrogen-bond acceptors (Lipinski definition) is 2. The molecule has 2 N–H and O–H groups in total. The van der Waals surface area contributed by atoms with Gasteiger partial charge in [0.2, 0.25) is 0 Å². The van der Waals surface area contributed by atoms with E-state index in [2.05, 4.69) is 12.2 Å². The lowest BCUT2D eigenvalue weighted by Gasteiger charge is -2.36. The highest BCUT2D eigenvalue weighted by molar-refractivity contribution is 6.30. The fraction of sp³-hybridized carbons (Fsp3) is 0.571. The van der Waals surface area contributed by atoms with Gasteiger partial charge in [-0.2, -0.15) is 0 Å². The molecule has 100 valence electrons. The molecule has 1 aromatic carbocycles. The molecular weight excluding hydrogens is 253 g/mol. The molecule has 18 heavy (non-hydrogen) atoms. The lowest BCUT2D eigenvalue weighted by atomic mass is 9.77. The van der Waals surface area contributed by atoms with E-state index >= 15 is 0 Å². The molecule has 0 radical (unpaired) electrons. The molecule has 1 aliphatic rings. The number of benzene rings is 1. The highest BCUT2D eigenvalue weighted by Crippen LogP contribution is 2.38. The van der Waals surface area contributed by atoms with Gasteiger partial charge in [0.05, 0.1) is 5.60 Å². The Balaban J connectivity index is 2.13. The van der Waals surface area contributed by atoms with Crippen molar-refractivity contribution < 1.29 is 9.50 Å². The van der Waals surface area contributed by atoms with Gasteiger partial charge in [0.15, 0.2) is 0 Å². The van der Waals surface area contributed by atoms with Crippen LogP contribution in [-0.2, 0) is 5.60 Å². The molecule has 2 rings (SSSR count). The van der Waals surface area contributed by atoms with Crippen LogP contribution < -0.4 is 5.32 Å². The summed E-state index contributed by atoms with van der Waals surface area (Å²) in [4.78, 5) is 0. The van der Waals surface area contributed by atoms with Crippen LogP contribution in [-0.4, -0.2) is 17.7 Å². The topological polar surface area (TPSA) is 32.3 Å². The number of halogens is 2. The van der Waals surface area contributed by atoms with Gasteiger partial charge in [-0.15, -0.1) is 0 Å². The fourth-order valence-electron chi connectivity index (χ4n) is 2.72. The molecule has 2 nitrogen and oxygen atoms in total. The summed E-state index contributed by atoms with van der Waals surface area (Å²) in [5.41, 5.74) is -0.664. The molecule has 0 saturated heterocycles. The zero-order valence-electron chi connectivity index (χ0n) is 10.5. The zero-order chi connectivity index (χ0) is 13.2. The van der Waals surface area contributed by atoms with Crippen molar-refractivity contribution in [2.24, 2.45) is 0 Å². The minimum Gasteiger partial charge on any atom is -0.385 e. The molecule has 1 aliphatic carbocycles. The van der Waals surface area contributed by atoms with Crippen LogP contribution in [0.15, 0.2) is 18.2 Å². The molecule has 1 aromatic rings. The first kappa shape index (κ1) is 13.8. The summed E-state index contributed by atoms with van der Waals surface area (Å²) < 4.78 is 13.9. The monoisotopic (exact) mass is 271 g/mol. The van der Waals surface area contributed by atoms with Crippen LogP contribution in [0.25, 0.3) is 0 Å². The van der Waals surface area contributed by atoms with Gasteiger partial charge in [0, 0.05) is 16.6 Å². The van der Waals surface area contributed by atoms with Crippen molar-refractivity contribution in [3.63, 3.8) is 0 Å². The summed E-state index contributed by atoms with van der Waals surface area (Å²) >= 11 is 5.73. The Bertz CT molecular complexity index is 416. The predicted molar refractivity (Wildman–Crippen MR) is 71.2 cm³/mol. The maximum atomic E-state index is 13.9. The van der Waals surface area contributed by atoms with E-state index in [1.165, 1.54) is 6.07 Å². The summed E-state index contributed by atoms with van der Waals surface area (Å²) in [6.45, 7) is 3.00. The summed E-state index contributed by atoms with van der Waals surface area (Å²) in [6, 6.07) is 4.94. The van der Waals surface area contributed by atoms with Crippen molar-refractivity contribution in [3.05, 3.63) is 34.6 Å². The minimum absolute atomic E-state index is 0.362. The largest absolute Gasteiger partial charge is 0.385 e. The Morgan fingerprint density at radius 1 is 1.44 bits per heavy atom. The Morgan fingerprint density at radius 3 is 2.67 bits per heavy atom. The van der Waals surface area contributed by atoms with Crippen molar-refractivity contribution in [3.8, 4) is 0 Å². The maximum absolute atomic E-state index is 13.9. The highest BCUT2D eigenvalue weighted by Gasteiger charge is 2.36. The van der Waals surface area contributed by atoms with E-state index in [9.17, 15) is 9.50 Å². The van der Waals surface area contributed by atoms with Crippen molar-refractivity contribution in [1.29, 1.82) is 0 Å². The molecule has 0 unspecified atom stereocenters. The van der Waals surface area contributed by atoms with Crippen molar-refractivity contribution in [1.82, 2.24) is 5.32 Å². The normalized spacial score (nSPS) is 28.3. The van der Waals surface area contributed by atoms with E-state index in [1.54, 1.807) is 12.1 Å². The molecule has 1 fully saturated rings. The molecule has 0 heterocycles. The van der Waals surface area contributed by atoms with Crippen LogP contribution in [0.5, 0.6) is 0 Å². The van der Waals surface area contributed by atoms with E-state index in [1.807, 2.05) is 0 Å².